The lowest BCUT2D eigenvalue weighted by Gasteiger charge is -2.30. The summed E-state index contributed by atoms with van der Waals surface area (Å²) in [4.78, 5) is 23.6. The molecule has 0 unspecified atom stereocenters. The minimum Gasteiger partial charge on any atom is -0.449 e. The molecule has 1 aliphatic heterocycles. The predicted molar refractivity (Wildman–Crippen MR) is 44.1 cm³/mol. The Balaban J connectivity index is 2.62. The zero-order valence-corrected chi connectivity index (χ0v) is 7.78. The summed E-state index contributed by atoms with van der Waals surface area (Å²) in [5, 5.41) is 0. The highest BCUT2D eigenvalue weighted by Crippen LogP contribution is 2.09. The van der Waals surface area contributed by atoms with Gasteiger partial charge in [0.1, 0.15) is 6.61 Å². The van der Waals surface area contributed by atoms with Crippen LogP contribution in [-0.4, -0.2) is 42.8 Å². The number of amides is 2. The molecule has 1 atom stereocenters. The Hall–Kier alpha value is -1.10. The van der Waals surface area contributed by atoms with Crippen LogP contribution in [0.25, 0.3) is 0 Å². The van der Waals surface area contributed by atoms with Crippen LogP contribution in [0.5, 0.6) is 0 Å². The van der Waals surface area contributed by atoms with Gasteiger partial charge in [-0.15, -0.1) is 0 Å². The van der Waals surface area contributed by atoms with E-state index in [0.717, 1.165) is 4.90 Å². The lowest BCUT2D eigenvalue weighted by molar-refractivity contribution is -0.144. The monoisotopic (exact) mass is 187 g/mol. The van der Waals surface area contributed by atoms with Gasteiger partial charge in [-0.3, -0.25) is 4.79 Å². The van der Waals surface area contributed by atoms with Crippen LogP contribution in [0.15, 0.2) is 0 Å². The Labute approximate surface area is 76.6 Å². The van der Waals surface area contributed by atoms with Crippen molar-refractivity contribution in [3.05, 3.63) is 0 Å². The minimum atomic E-state index is -0.580. The highest BCUT2D eigenvalue weighted by Gasteiger charge is 2.31. The van der Waals surface area contributed by atoms with E-state index in [9.17, 15) is 9.59 Å². The van der Waals surface area contributed by atoms with E-state index in [1.54, 1.807) is 13.8 Å². The van der Waals surface area contributed by atoms with E-state index in [1.165, 1.54) is 0 Å². The third-order valence-corrected chi connectivity index (χ3v) is 1.76. The number of morpholine rings is 1. The molecule has 0 aliphatic carbocycles. The summed E-state index contributed by atoms with van der Waals surface area (Å²) in [6.45, 7) is 4.06. The van der Waals surface area contributed by atoms with Crippen molar-refractivity contribution in [2.45, 2.75) is 19.9 Å². The third-order valence-electron chi connectivity index (χ3n) is 1.76. The summed E-state index contributed by atoms with van der Waals surface area (Å²) in [7, 11) is 0. The second kappa shape index (κ2) is 4.23. The number of hydrogen-bond donors (Lipinski definition) is 0. The Morgan fingerprint density at radius 3 is 3.00 bits per heavy atom. The molecule has 0 N–H and O–H groups in total. The Kier molecular flexibility index (Phi) is 3.25. The lowest BCUT2D eigenvalue weighted by atomic mass is 10.3. The SMILES string of the molecule is CCOC(=O)N1C(=O)COC[C@@H]1C. The van der Waals surface area contributed by atoms with Gasteiger partial charge in [-0.1, -0.05) is 0 Å². The molecule has 13 heavy (non-hydrogen) atoms. The fourth-order valence-electron chi connectivity index (χ4n) is 1.18. The second-order valence-corrected chi connectivity index (χ2v) is 2.83. The average Bonchev–Trinajstić information content (AvgIpc) is 2.04. The average molecular weight is 187 g/mol. The van der Waals surface area contributed by atoms with Gasteiger partial charge in [0.05, 0.1) is 19.3 Å². The number of hydrogen-bond acceptors (Lipinski definition) is 4. The van der Waals surface area contributed by atoms with Gasteiger partial charge in [-0.2, -0.15) is 0 Å². The van der Waals surface area contributed by atoms with Gasteiger partial charge in [0.2, 0.25) is 0 Å². The van der Waals surface area contributed by atoms with Crippen molar-refractivity contribution >= 4 is 12.0 Å². The van der Waals surface area contributed by atoms with E-state index in [-0.39, 0.29) is 25.2 Å². The van der Waals surface area contributed by atoms with E-state index < -0.39 is 6.09 Å². The largest absolute Gasteiger partial charge is 0.449 e. The summed E-state index contributed by atoms with van der Waals surface area (Å²) in [6.07, 6.45) is -0.580. The van der Waals surface area contributed by atoms with E-state index >= 15 is 0 Å². The highest BCUT2D eigenvalue weighted by atomic mass is 16.6. The number of carbonyl (C=O) groups excluding carboxylic acids is 2. The molecule has 1 fully saturated rings. The first kappa shape index (κ1) is 9.98. The van der Waals surface area contributed by atoms with Crippen molar-refractivity contribution in [1.82, 2.24) is 4.90 Å². The van der Waals surface area contributed by atoms with Crippen LogP contribution >= 0.6 is 0 Å². The molecule has 0 saturated carbocycles. The first-order valence-electron chi connectivity index (χ1n) is 4.23. The summed E-state index contributed by atoms with van der Waals surface area (Å²) in [5.41, 5.74) is 0. The van der Waals surface area contributed by atoms with Crippen LogP contribution in [0.4, 0.5) is 4.79 Å². The van der Waals surface area contributed by atoms with Crippen molar-refractivity contribution in [2.24, 2.45) is 0 Å². The maximum Gasteiger partial charge on any atom is 0.416 e. The predicted octanol–water partition coefficient (Wildman–Crippen LogP) is 0.390. The summed E-state index contributed by atoms with van der Waals surface area (Å²) < 4.78 is 9.69. The van der Waals surface area contributed by atoms with Gasteiger partial charge in [0.15, 0.2) is 0 Å². The van der Waals surface area contributed by atoms with Crippen LogP contribution in [-0.2, 0) is 14.3 Å². The van der Waals surface area contributed by atoms with Crippen molar-refractivity contribution < 1.29 is 19.1 Å². The highest BCUT2D eigenvalue weighted by molar-refractivity contribution is 5.93. The smallest absolute Gasteiger partial charge is 0.416 e. The van der Waals surface area contributed by atoms with Crippen LogP contribution < -0.4 is 0 Å². The molecule has 0 spiro atoms. The van der Waals surface area contributed by atoms with Gasteiger partial charge in [-0.05, 0) is 13.8 Å². The summed E-state index contributed by atoms with van der Waals surface area (Å²) in [5.74, 6) is -0.336. The molecular weight excluding hydrogens is 174 g/mol. The minimum absolute atomic E-state index is 0.0385. The normalized spacial score (nSPS) is 23.1. The molecule has 0 aromatic carbocycles. The maximum atomic E-state index is 11.2. The summed E-state index contributed by atoms with van der Waals surface area (Å²) in [6, 6.07) is -0.236. The number of carbonyl (C=O) groups is 2. The Bertz CT molecular complexity index is 216. The number of ether oxygens (including phenoxy) is 2. The summed E-state index contributed by atoms with van der Waals surface area (Å²) >= 11 is 0. The molecule has 5 nitrogen and oxygen atoms in total. The molecular formula is C8H13NO4. The van der Waals surface area contributed by atoms with E-state index in [1.807, 2.05) is 0 Å². The van der Waals surface area contributed by atoms with Crippen LogP contribution in [0.1, 0.15) is 13.8 Å². The molecule has 1 heterocycles. The molecule has 0 aromatic heterocycles. The zero-order chi connectivity index (χ0) is 9.84. The molecule has 0 radical (unpaired) electrons. The van der Waals surface area contributed by atoms with Crippen LogP contribution in [0.2, 0.25) is 0 Å². The third kappa shape index (κ3) is 2.18. The van der Waals surface area contributed by atoms with Crippen molar-refractivity contribution in [2.75, 3.05) is 19.8 Å². The van der Waals surface area contributed by atoms with Crippen molar-refractivity contribution in [1.29, 1.82) is 0 Å². The quantitative estimate of drug-likeness (QED) is 0.596. The molecule has 1 rings (SSSR count). The molecule has 1 aliphatic rings. The first-order chi connectivity index (χ1) is 6.16. The maximum absolute atomic E-state index is 11.2. The van der Waals surface area contributed by atoms with Crippen LogP contribution in [0, 0.1) is 0 Å². The zero-order valence-electron chi connectivity index (χ0n) is 7.78. The van der Waals surface area contributed by atoms with E-state index in [0.29, 0.717) is 6.61 Å². The van der Waals surface area contributed by atoms with E-state index in [2.05, 4.69) is 0 Å². The van der Waals surface area contributed by atoms with Gasteiger partial charge in [-0.25, -0.2) is 9.69 Å². The molecule has 0 bridgehead atoms. The molecule has 0 aromatic rings. The van der Waals surface area contributed by atoms with Gasteiger partial charge in [0, 0.05) is 0 Å². The second-order valence-electron chi connectivity index (χ2n) is 2.83. The molecule has 74 valence electrons. The van der Waals surface area contributed by atoms with Gasteiger partial charge < -0.3 is 9.47 Å². The first-order valence-corrected chi connectivity index (χ1v) is 4.23. The van der Waals surface area contributed by atoms with Crippen LogP contribution in [0.3, 0.4) is 0 Å². The standard InChI is InChI=1S/C8H13NO4/c1-3-13-8(11)9-6(2)4-12-5-7(9)10/h6H,3-5H2,1-2H3/t6-/m0/s1. The molecule has 2 amide bonds. The number of nitrogens with zero attached hydrogens (tertiary/aromatic N) is 1. The number of imide groups is 1. The Morgan fingerprint density at radius 2 is 2.46 bits per heavy atom. The molecule has 5 heteroatoms. The van der Waals surface area contributed by atoms with Crippen molar-refractivity contribution in [3.63, 3.8) is 0 Å². The fraction of sp³-hybridized carbons (Fsp3) is 0.750. The Morgan fingerprint density at radius 1 is 1.77 bits per heavy atom. The molecule has 1 saturated heterocycles. The fourth-order valence-corrected chi connectivity index (χ4v) is 1.18. The lowest BCUT2D eigenvalue weighted by Crippen LogP contribution is -2.51. The number of rotatable bonds is 1. The van der Waals surface area contributed by atoms with Gasteiger partial charge in [0.25, 0.3) is 5.91 Å². The van der Waals surface area contributed by atoms with E-state index in [4.69, 9.17) is 9.47 Å². The topological polar surface area (TPSA) is 55.8 Å². The van der Waals surface area contributed by atoms with Crippen molar-refractivity contribution in [3.8, 4) is 0 Å². The van der Waals surface area contributed by atoms with Gasteiger partial charge >= 0.3 is 6.09 Å².